The zero-order chi connectivity index (χ0) is 22.7. The van der Waals surface area contributed by atoms with Crippen molar-refractivity contribution in [3.63, 3.8) is 0 Å². The summed E-state index contributed by atoms with van der Waals surface area (Å²) in [6.07, 6.45) is -0.451. The minimum Gasteiger partial charge on any atom is -0.450 e. The summed E-state index contributed by atoms with van der Waals surface area (Å²) in [7, 11) is 0. The van der Waals surface area contributed by atoms with Crippen LogP contribution in [0.3, 0.4) is 0 Å². The number of aromatic nitrogens is 1. The number of esters is 1. The molecule has 1 atom stereocenters. The third-order valence-electron chi connectivity index (χ3n) is 5.58. The van der Waals surface area contributed by atoms with Crippen LogP contribution in [0.25, 0.3) is 22.2 Å². The summed E-state index contributed by atoms with van der Waals surface area (Å²) in [5.74, 6) is -0.720. The van der Waals surface area contributed by atoms with Gasteiger partial charge in [0.1, 0.15) is 0 Å². The number of nitrogens with zero attached hydrogens (tertiary/aromatic N) is 1. The fourth-order valence-electron chi connectivity index (χ4n) is 3.74. The van der Waals surface area contributed by atoms with Gasteiger partial charge in [0, 0.05) is 16.5 Å². The first-order chi connectivity index (χ1) is 15.5. The van der Waals surface area contributed by atoms with E-state index in [1.165, 1.54) is 0 Å². The van der Waals surface area contributed by atoms with Gasteiger partial charge in [-0.15, -0.1) is 0 Å². The number of fused-ring (bicyclic) bond motifs is 1. The van der Waals surface area contributed by atoms with Gasteiger partial charge < -0.3 is 4.74 Å². The van der Waals surface area contributed by atoms with Crippen molar-refractivity contribution in [2.24, 2.45) is 0 Å². The smallest absolute Gasteiger partial charge is 0.339 e. The Labute approximate surface area is 187 Å². The van der Waals surface area contributed by atoms with Gasteiger partial charge in [0.05, 0.1) is 16.8 Å². The van der Waals surface area contributed by atoms with Crippen LogP contribution in [0.5, 0.6) is 0 Å². The molecule has 0 spiro atoms. The summed E-state index contributed by atoms with van der Waals surface area (Å²) in [6.45, 7) is 5.83. The van der Waals surface area contributed by atoms with E-state index in [-0.39, 0.29) is 5.78 Å². The quantitative estimate of drug-likeness (QED) is 0.268. The van der Waals surface area contributed by atoms with Crippen molar-refractivity contribution in [2.75, 3.05) is 0 Å². The first-order valence-corrected chi connectivity index (χ1v) is 10.8. The monoisotopic (exact) mass is 423 g/mol. The van der Waals surface area contributed by atoms with Crippen molar-refractivity contribution in [3.8, 4) is 11.3 Å². The van der Waals surface area contributed by atoms with Crippen molar-refractivity contribution in [1.82, 2.24) is 4.98 Å². The van der Waals surface area contributed by atoms with E-state index in [0.29, 0.717) is 28.6 Å². The fraction of sp³-hybridized carbons (Fsp3) is 0.179. The molecule has 0 bridgehead atoms. The Morgan fingerprint density at radius 2 is 1.62 bits per heavy atom. The number of pyridine rings is 1. The number of Topliss-reactive ketones (excluding diaryl/α,β-unsaturated/α-hetero) is 1. The van der Waals surface area contributed by atoms with Gasteiger partial charge in [0.2, 0.25) is 5.78 Å². The maximum Gasteiger partial charge on any atom is 0.339 e. The lowest BCUT2D eigenvalue weighted by atomic mass is 10.0. The third-order valence-corrected chi connectivity index (χ3v) is 5.58. The molecule has 0 aliphatic heterocycles. The van der Waals surface area contributed by atoms with Crippen LogP contribution in [0, 0.1) is 13.8 Å². The van der Waals surface area contributed by atoms with Crippen molar-refractivity contribution in [3.05, 3.63) is 101 Å². The number of ether oxygens (including phenoxy) is 1. The average molecular weight is 424 g/mol. The van der Waals surface area contributed by atoms with Crippen LogP contribution in [0.2, 0.25) is 0 Å². The first-order valence-electron chi connectivity index (χ1n) is 10.8. The summed E-state index contributed by atoms with van der Waals surface area (Å²) < 4.78 is 5.74. The minimum absolute atomic E-state index is 0.199. The molecule has 0 saturated heterocycles. The molecule has 4 heteroatoms. The molecule has 4 aromatic rings. The predicted octanol–water partition coefficient (Wildman–Crippen LogP) is 6.34. The van der Waals surface area contributed by atoms with Crippen LogP contribution in [0.1, 0.15) is 45.2 Å². The van der Waals surface area contributed by atoms with Gasteiger partial charge >= 0.3 is 5.97 Å². The number of aryl methyl sites for hydroxylation is 2. The molecule has 3 aromatic carbocycles. The summed E-state index contributed by atoms with van der Waals surface area (Å²) in [5.41, 5.74) is 5.42. The summed E-state index contributed by atoms with van der Waals surface area (Å²) >= 11 is 0. The molecule has 160 valence electrons. The lowest BCUT2D eigenvalue weighted by Crippen LogP contribution is -2.27. The number of carbonyl (C=O) groups excluding carboxylic acids is 2. The third kappa shape index (κ3) is 4.30. The van der Waals surface area contributed by atoms with Crippen LogP contribution in [-0.4, -0.2) is 22.8 Å². The van der Waals surface area contributed by atoms with Crippen LogP contribution in [0.4, 0.5) is 0 Å². The number of ketones is 1. The van der Waals surface area contributed by atoms with Crippen molar-refractivity contribution in [1.29, 1.82) is 0 Å². The lowest BCUT2D eigenvalue weighted by Gasteiger charge is -2.17. The minimum atomic E-state index is -0.847. The van der Waals surface area contributed by atoms with E-state index in [1.807, 2.05) is 69.3 Å². The highest BCUT2D eigenvalue weighted by molar-refractivity contribution is 6.07. The zero-order valence-corrected chi connectivity index (χ0v) is 18.5. The van der Waals surface area contributed by atoms with E-state index < -0.39 is 12.1 Å². The van der Waals surface area contributed by atoms with Crippen LogP contribution in [-0.2, 0) is 4.74 Å². The second-order valence-corrected chi connectivity index (χ2v) is 7.92. The highest BCUT2D eigenvalue weighted by Gasteiger charge is 2.25. The first kappa shape index (κ1) is 21.4. The van der Waals surface area contributed by atoms with Crippen LogP contribution < -0.4 is 0 Å². The van der Waals surface area contributed by atoms with Gasteiger partial charge in [-0.3, -0.25) is 4.79 Å². The highest BCUT2D eigenvalue weighted by atomic mass is 16.5. The van der Waals surface area contributed by atoms with E-state index in [0.717, 1.165) is 22.2 Å². The molecule has 0 amide bonds. The molecule has 0 radical (unpaired) electrons. The van der Waals surface area contributed by atoms with Crippen molar-refractivity contribution < 1.29 is 14.3 Å². The molecule has 0 unspecified atom stereocenters. The standard InChI is InChI=1S/C28H25NO3/c1-4-25(27(30)21-10-6-5-7-11-21)32-28(31)23-17-24(20-15-13-18(2)14-16-20)29-26-19(3)9-8-12-22(23)26/h5-17,25H,4H2,1-3H3/t25-/m1/s1. The molecular weight excluding hydrogens is 398 g/mol. The van der Waals surface area contributed by atoms with E-state index >= 15 is 0 Å². The van der Waals surface area contributed by atoms with Crippen molar-refractivity contribution in [2.45, 2.75) is 33.3 Å². The number of hydrogen-bond donors (Lipinski definition) is 0. The van der Waals surface area contributed by atoms with E-state index in [1.54, 1.807) is 30.3 Å². The Morgan fingerprint density at radius 1 is 0.906 bits per heavy atom. The summed E-state index contributed by atoms with van der Waals surface area (Å²) in [5, 5.41) is 0.716. The number of benzene rings is 3. The van der Waals surface area contributed by atoms with Gasteiger partial charge in [-0.25, -0.2) is 9.78 Å². The molecule has 32 heavy (non-hydrogen) atoms. The Morgan fingerprint density at radius 3 is 2.31 bits per heavy atom. The summed E-state index contributed by atoms with van der Waals surface area (Å²) in [6, 6.07) is 24.4. The Hall–Kier alpha value is -3.79. The lowest BCUT2D eigenvalue weighted by molar-refractivity contribution is 0.0279. The SMILES string of the molecule is CC[C@@H](OC(=O)c1cc(-c2ccc(C)cc2)nc2c(C)cccc12)C(=O)c1ccccc1. The van der Waals surface area contributed by atoms with Gasteiger partial charge in [0.25, 0.3) is 0 Å². The average Bonchev–Trinajstić information content (AvgIpc) is 2.82. The molecule has 1 heterocycles. The molecular formula is C28H25NO3. The number of para-hydroxylation sites is 1. The van der Waals surface area contributed by atoms with E-state index in [9.17, 15) is 9.59 Å². The predicted molar refractivity (Wildman–Crippen MR) is 127 cm³/mol. The molecule has 4 rings (SSSR count). The summed E-state index contributed by atoms with van der Waals surface area (Å²) in [4.78, 5) is 31.0. The molecule has 1 aromatic heterocycles. The van der Waals surface area contributed by atoms with Gasteiger partial charge in [-0.1, -0.05) is 85.3 Å². The second kappa shape index (κ2) is 9.15. The maximum absolute atomic E-state index is 13.3. The topological polar surface area (TPSA) is 56.3 Å². The molecule has 0 aliphatic carbocycles. The number of hydrogen-bond acceptors (Lipinski definition) is 4. The molecule has 0 N–H and O–H groups in total. The van der Waals surface area contributed by atoms with E-state index in [4.69, 9.17) is 9.72 Å². The number of carbonyl (C=O) groups is 2. The largest absolute Gasteiger partial charge is 0.450 e. The van der Waals surface area contributed by atoms with Crippen LogP contribution in [0.15, 0.2) is 78.9 Å². The van der Waals surface area contributed by atoms with Crippen molar-refractivity contribution >= 4 is 22.7 Å². The normalized spacial score (nSPS) is 11.8. The van der Waals surface area contributed by atoms with Gasteiger partial charge in [-0.2, -0.15) is 0 Å². The fourth-order valence-corrected chi connectivity index (χ4v) is 3.74. The Bertz CT molecular complexity index is 1280. The second-order valence-electron chi connectivity index (χ2n) is 7.92. The number of rotatable bonds is 6. The van der Waals surface area contributed by atoms with Gasteiger partial charge in [-0.05, 0) is 31.9 Å². The molecule has 0 fully saturated rings. The highest BCUT2D eigenvalue weighted by Crippen LogP contribution is 2.28. The van der Waals surface area contributed by atoms with Crippen LogP contribution >= 0.6 is 0 Å². The molecule has 0 saturated carbocycles. The Kier molecular flexibility index (Phi) is 6.13. The Balaban J connectivity index is 1.75. The molecule has 0 aliphatic rings. The zero-order valence-electron chi connectivity index (χ0n) is 18.5. The van der Waals surface area contributed by atoms with Gasteiger partial charge in [0.15, 0.2) is 6.10 Å². The molecule has 4 nitrogen and oxygen atoms in total. The van der Waals surface area contributed by atoms with E-state index in [2.05, 4.69) is 0 Å². The maximum atomic E-state index is 13.3.